The van der Waals surface area contributed by atoms with Gasteiger partial charge in [0.05, 0.1) is 35.7 Å². The largest absolute Gasteiger partial charge is 0.462 e. The third-order valence-corrected chi connectivity index (χ3v) is 17.0. The van der Waals surface area contributed by atoms with Crippen LogP contribution in [0.15, 0.2) is 118 Å². The normalized spacial score (nSPS) is 12.3. The van der Waals surface area contributed by atoms with E-state index < -0.39 is 0 Å². The quantitative estimate of drug-likeness (QED) is 0.0386. The standard InChI is InChI=1S/C34H42Br2N2O3.C34H44N2O3/c1-6-11-12-15-18-40-34(39)24-17-14-13-16-23(24)33-25-19-27(35)29(37(7-2)8-3)21-31(25)41-32-22-30(38(9-4)10-5)28(36)20-26(32)33;1-6-11-12-15-22-38-34(37)28-17-14-13-16-27(28)33-29-20-18-25(35(7-2)8-3)23-31(29)39-32-24-26(19-21-30(32)33)36(9-4)10-5/h13-14,16-17,19-22,33H,6-12,15,18H2,1-5H3;13-14,16-21,23-24,33H,6-12,15,22H2,1-5H3. The van der Waals surface area contributed by atoms with Crippen molar-refractivity contribution in [3.8, 4) is 23.0 Å². The predicted molar refractivity (Wildman–Crippen MR) is 339 cm³/mol. The summed E-state index contributed by atoms with van der Waals surface area (Å²) in [4.78, 5) is 36.1. The number of fused-ring (bicyclic) bond motifs is 4. The zero-order valence-electron chi connectivity index (χ0n) is 49.3. The van der Waals surface area contributed by atoms with Crippen LogP contribution in [0.5, 0.6) is 23.0 Å². The summed E-state index contributed by atoms with van der Waals surface area (Å²) in [5, 5.41) is 0. The number of carbonyl (C=O) groups excluding carboxylic acids is 2. The van der Waals surface area contributed by atoms with Crippen LogP contribution in [0, 0.1) is 0 Å². The van der Waals surface area contributed by atoms with Crippen LogP contribution in [-0.2, 0) is 9.47 Å². The van der Waals surface area contributed by atoms with Crippen molar-refractivity contribution >= 4 is 66.5 Å². The Labute approximate surface area is 495 Å². The van der Waals surface area contributed by atoms with E-state index in [4.69, 9.17) is 18.9 Å². The van der Waals surface area contributed by atoms with Gasteiger partial charge in [-0.2, -0.15) is 0 Å². The SMILES string of the molecule is CCCCCCOC(=O)c1ccccc1C1c2cc(Br)c(N(CC)CC)cc2Oc2cc(N(CC)CC)c(Br)cc21.CCCCCCOC(=O)c1ccccc1C1c2ccc(N(CC)CC)cc2Oc2cc(N(CC)CC)ccc21. The lowest BCUT2D eigenvalue weighted by Crippen LogP contribution is -2.24. The molecule has 0 spiro atoms. The summed E-state index contributed by atoms with van der Waals surface area (Å²) in [6.45, 7) is 29.8. The molecule has 0 unspecified atom stereocenters. The van der Waals surface area contributed by atoms with Crippen LogP contribution in [0.1, 0.15) is 187 Å². The third kappa shape index (κ3) is 14.2. The lowest BCUT2D eigenvalue weighted by Gasteiger charge is -2.33. The van der Waals surface area contributed by atoms with Crippen LogP contribution >= 0.6 is 31.9 Å². The molecule has 0 aromatic heterocycles. The van der Waals surface area contributed by atoms with Crippen molar-refractivity contribution in [2.24, 2.45) is 0 Å². The Hall–Kier alpha value is -5.98. The van der Waals surface area contributed by atoms with Crippen molar-refractivity contribution < 1.29 is 28.5 Å². The second-order valence-corrected chi connectivity index (χ2v) is 22.2. The number of hydrogen-bond donors (Lipinski definition) is 0. The van der Waals surface area contributed by atoms with Crippen molar-refractivity contribution in [1.29, 1.82) is 0 Å². The molecule has 0 radical (unpaired) electrons. The number of benzene rings is 6. The van der Waals surface area contributed by atoms with E-state index in [1.54, 1.807) is 0 Å². The van der Waals surface area contributed by atoms with Crippen molar-refractivity contribution in [3.05, 3.63) is 163 Å². The molecule has 80 heavy (non-hydrogen) atoms. The molecule has 0 amide bonds. The highest BCUT2D eigenvalue weighted by molar-refractivity contribution is 9.11. The first kappa shape index (κ1) is 61.6. The number of hydrogen-bond acceptors (Lipinski definition) is 10. The molecule has 0 fully saturated rings. The lowest BCUT2D eigenvalue weighted by atomic mass is 9.80. The first-order chi connectivity index (χ1) is 38.9. The van der Waals surface area contributed by atoms with Crippen molar-refractivity contribution in [1.82, 2.24) is 0 Å². The zero-order valence-corrected chi connectivity index (χ0v) is 52.4. The summed E-state index contributed by atoms with van der Waals surface area (Å²) in [5.41, 5.74) is 11.7. The minimum atomic E-state index is -0.274. The topological polar surface area (TPSA) is 84.0 Å². The molecular formula is C68H86Br2N4O6. The van der Waals surface area contributed by atoms with E-state index in [1.807, 2.05) is 36.4 Å². The number of rotatable bonds is 26. The number of carbonyl (C=O) groups is 2. The van der Waals surface area contributed by atoms with Gasteiger partial charge in [0.2, 0.25) is 0 Å². The van der Waals surface area contributed by atoms with Gasteiger partial charge in [0.15, 0.2) is 0 Å². The summed E-state index contributed by atoms with van der Waals surface area (Å²) in [5.74, 6) is 2.44. The van der Waals surface area contributed by atoms with Gasteiger partial charge < -0.3 is 38.5 Å². The number of esters is 2. The van der Waals surface area contributed by atoms with Crippen molar-refractivity contribution in [2.75, 3.05) is 85.2 Å². The summed E-state index contributed by atoms with van der Waals surface area (Å²) in [6.07, 6.45) is 8.54. The molecule has 0 aliphatic carbocycles. The van der Waals surface area contributed by atoms with Crippen LogP contribution in [0.4, 0.5) is 22.7 Å². The molecule has 2 aliphatic rings. The predicted octanol–water partition coefficient (Wildman–Crippen LogP) is 18.3. The summed E-state index contributed by atoms with van der Waals surface area (Å²) >= 11 is 7.72. The second kappa shape index (κ2) is 30.2. The lowest BCUT2D eigenvalue weighted by molar-refractivity contribution is 0.0487. The van der Waals surface area contributed by atoms with Crippen LogP contribution in [0.25, 0.3) is 0 Å². The van der Waals surface area contributed by atoms with E-state index >= 15 is 0 Å². The number of halogens is 2. The Bertz CT molecular complexity index is 2870. The first-order valence-corrected chi connectivity index (χ1v) is 31.3. The minimum Gasteiger partial charge on any atom is -0.462 e. The van der Waals surface area contributed by atoms with Gasteiger partial charge in [0.1, 0.15) is 23.0 Å². The molecule has 2 heterocycles. The number of nitrogens with zero attached hydrogens (tertiary/aromatic N) is 4. The fourth-order valence-corrected chi connectivity index (χ4v) is 12.5. The Morgan fingerprint density at radius 1 is 0.400 bits per heavy atom. The molecule has 0 saturated carbocycles. The molecule has 428 valence electrons. The summed E-state index contributed by atoms with van der Waals surface area (Å²) in [6, 6.07) is 37.3. The van der Waals surface area contributed by atoms with Crippen LogP contribution in [-0.4, -0.2) is 77.5 Å². The van der Waals surface area contributed by atoms with Gasteiger partial charge in [-0.25, -0.2) is 9.59 Å². The fourth-order valence-electron chi connectivity index (χ4n) is 11.3. The van der Waals surface area contributed by atoms with Gasteiger partial charge >= 0.3 is 11.9 Å². The maximum absolute atomic E-state index is 13.5. The molecule has 10 nitrogen and oxygen atoms in total. The third-order valence-electron chi connectivity index (χ3n) is 15.7. The van der Waals surface area contributed by atoms with Gasteiger partial charge in [-0.15, -0.1) is 0 Å². The van der Waals surface area contributed by atoms with Gasteiger partial charge in [0, 0.05) is 131 Å². The van der Waals surface area contributed by atoms with Crippen LogP contribution in [0.3, 0.4) is 0 Å². The molecule has 0 bridgehead atoms. The average Bonchev–Trinajstić information content (AvgIpc) is 3.65. The highest BCUT2D eigenvalue weighted by Gasteiger charge is 2.36. The highest BCUT2D eigenvalue weighted by Crippen LogP contribution is 2.54. The Balaban J connectivity index is 0.000000231. The second-order valence-electron chi connectivity index (χ2n) is 20.5. The molecule has 2 aliphatic heterocycles. The van der Waals surface area contributed by atoms with Gasteiger partial charge in [0.25, 0.3) is 0 Å². The Morgan fingerprint density at radius 2 is 0.750 bits per heavy atom. The Morgan fingerprint density at radius 3 is 1.11 bits per heavy atom. The number of ether oxygens (including phenoxy) is 4. The first-order valence-electron chi connectivity index (χ1n) is 29.8. The van der Waals surface area contributed by atoms with E-state index in [-0.39, 0.29) is 23.8 Å². The summed E-state index contributed by atoms with van der Waals surface area (Å²) < 4.78 is 26.9. The van der Waals surface area contributed by atoms with E-state index in [0.717, 1.165) is 192 Å². The molecule has 0 atom stereocenters. The van der Waals surface area contributed by atoms with E-state index in [9.17, 15) is 9.59 Å². The maximum Gasteiger partial charge on any atom is 0.338 e. The Kier molecular flexibility index (Phi) is 23.3. The fraction of sp³-hybridized carbons (Fsp3) is 0.441. The molecule has 8 rings (SSSR count). The van der Waals surface area contributed by atoms with Gasteiger partial charge in [-0.05, 0) is 148 Å². The molecule has 0 N–H and O–H groups in total. The monoisotopic (exact) mass is 1210 g/mol. The smallest absolute Gasteiger partial charge is 0.338 e. The number of anilines is 4. The van der Waals surface area contributed by atoms with Gasteiger partial charge in [-0.1, -0.05) is 101 Å². The zero-order chi connectivity index (χ0) is 57.3. The van der Waals surface area contributed by atoms with Crippen molar-refractivity contribution in [2.45, 2.75) is 132 Å². The minimum absolute atomic E-state index is 0.135. The number of unbranched alkanes of at least 4 members (excludes halogenated alkanes) is 6. The van der Waals surface area contributed by atoms with Crippen LogP contribution < -0.4 is 29.1 Å². The van der Waals surface area contributed by atoms with Crippen molar-refractivity contribution in [3.63, 3.8) is 0 Å². The van der Waals surface area contributed by atoms with E-state index in [0.29, 0.717) is 24.3 Å². The van der Waals surface area contributed by atoms with E-state index in [1.165, 1.54) is 0 Å². The molecule has 12 heteroatoms. The molecule has 0 saturated heterocycles. The summed E-state index contributed by atoms with van der Waals surface area (Å²) in [7, 11) is 0. The molecule has 6 aromatic rings. The molecule has 6 aromatic carbocycles. The highest BCUT2D eigenvalue weighted by atomic mass is 79.9. The van der Waals surface area contributed by atoms with Gasteiger partial charge in [-0.3, -0.25) is 0 Å². The van der Waals surface area contributed by atoms with Crippen LogP contribution in [0.2, 0.25) is 0 Å². The maximum atomic E-state index is 13.5. The molecular weight excluding hydrogens is 1130 g/mol. The average molecular weight is 1220 g/mol. The van der Waals surface area contributed by atoms with E-state index in [2.05, 4.69) is 193 Å².